The van der Waals surface area contributed by atoms with E-state index in [0.29, 0.717) is 6.42 Å². The molecule has 2 heteroatoms. The molecule has 0 amide bonds. The van der Waals surface area contributed by atoms with Crippen molar-refractivity contribution >= 4 is 11.6 Å². The van der Waals surface area contributed by atoms with E-state index in [1.165, 1.54) is 0 Å². The molecule has 0 radical (unpaired) electrons. The highest BCUT2D eigenvalue weighted by Gasteiger charge is 2.22. The minimum atomic E-state index is -0.375. The molecule has 0 saturated carbocycles. The first-order valence-corrected chi connectivity index (χ1v) is 5.43. The zero-order chi connectivity index (χ0) is 11.2. The van der Waals surface area contributed by atoms with Gasteiger partial charge in [-0.25, -0.2) is 0 Å². The molecule has 0 aliphatic carbocycles. The van der Waals surface area contributed by atoms with Crippen LogP contribution in [0.25, 0.3) is 0 Å². The van der Waals surface area contributed by atoms with Crippen molar-refractivity contribution in [3.63, 3.8) is 0 Å². The number of carbonyl (C=O) groups is 2. The summed E-state index contributed by atoms with van der Waals surface area (Å²) >= 11 is 0. The van der Waals surface area contributed by atoms with Crippen molar-refractivity contribution in [3.8, 4) is 0 Å². The molecular formula is C12H22O2. The first-order chi connectivity index (χ1) is 6.38. The van der Waals surface area contributed by atoms with Gasteiger partial charge in [0, 0.05) is 11.8 Å². The number of carbonyl (C=O) groups excluding carboxylic acids is 2. The topological polar surface area (TPSA) is 34.1 Å². The van der Waals surface area contributed by atoms with Crippen LogP contribution < -0.4 is 0 Å². The van der Waals surface area contributed by atoms with Crippen molar-refractivity contribution in [1.82, 2.24) is 0 Å². The molecule has 0 heterocycles. The molecule has 0 bridgehead atoms. The van der Waals surface area contributed by atoms with E-state index in [2.05, 4.69) is 6.92 Å². The minimum Gasteiger partial charge on any atom is -0.299 e. The Morgan fingerprint density at radius 1 is 1.07 bits per heavy atom. The smallest absolute Gasteiger partial charge is 0.145 e. The van der Waals surface area contributed by atoms with Gasteiger partial charge in [-0.1, -0.05) is 40.5 Å². The minimum absolute atomic E-state index is 0.0546. The van der Waals surface area contributed by atoms with Crippen LogP contribution in [0.2, 0.25) is 0 Å². The summed E-state index contributed by atoms with van der Waals surface area (Å²) in [5.41, 5.74) is -0.375. The third kappa shape index (κ3) is 5.90. The van der Waals surface area contributed by atoms with Gasteiger partial charge in [-0.2, -0.15) is 0 Å². The summed E-state index contributed by atoms with van der Waals surface area (Å²) in [7, 11) is 0. The van der Waals surface area contributed by atoms with E-state index < -0.39 is 0 Å². The average Bonchev–Trinajstić information content (AvgIpc) is 2.03. The molecule has 0 spiro atoms. The highest BCUT2D eigenvalue weighted by Crippen LogP contribution is 2.17. The second-order valence-corrected chi connectivity index (χ2v) is 4.85. The van der Waals surface area contributed by atoms with Crippen LogP contribution in [0.4, 0.5) is 0 Å². The number of hydrogen-bond acceptors (Lipinski definition) is 2. The summed E-state index contributed by atoms with van der Waals surface area (Å²) in [6, 6.07) is 0. The summed E-state index contributed by atoms with van der Waals surface area (Å²) in [6.45, 7) is 7.67. The Labute approximate surface area is 87.1 Å². The van der Waals surface area contributed by atoms with Gasteiger partial charge in [0.25, 0.3) is 0 Å². The summed E-state index contributed by atoms with van der Waals surface area (Å²) in [4.78, 5) is 22.8. The predicted molar refractivity (Wildman–Crippen MR) is 58.2 cm³/mol. The SMILES string of the molecule is CCCCCC(=O)CC(=O)C(C)(C)C. The van der Waals surface area contributed by atoms with Gasteiger partial charge in [0.05, 0.1) is 6.42 Å². The molecule has 0 saturated heterocycles. The lowest BCUT2D eigenvalue weighted by atomic mass is 9.87. The Hall–Kier alpha value is -0.660. The van der Waals surface area contributed by atoms with Crippen LogP contribution in [-0.4, -0.2) is 11.6 Å². The van der Waals surface area contributed by atoms with E-state index in [-0.39, 0.29) is 23.4 Å². The maximum absolute atomic E-state index is 11.5. The molecule has 0 rings (SSSR count). The van der Waals surface area contributed by atoms with Crippen molar-refractivity contribution < 1.29 is 9.59 Å². The van der Waals surface area contributed by atoms with Crippen LogP contribution in [0.3, 0.4) is 0 Å². The van der Waals surface area contributed by atoms with Crippen molar-refractivity contribution in [2.24, 2.45) is 5.41 Å². The maximum atomic E-state index is 11.5. The third-order valence-corrected chi connectivity index (χ3v) is 2.25. The Morgan fingerprint density at radius 2 is 1.64 bits per heavy atom. The van der Waals surface area contributed by atoms with E-state index in [1.54, 1.807) is 0 Å². The number of rotatable bonds is 6. The van der Waals surface area contributed by atoms with Crippen molar-refractivity contribution in [2.45, 2.75) is 59.8 Å². The van der Waals surface area contributed by atoms with E-state index in [1.807, 2.05) is 20.8 Å². The van der Waals surface area contributed by atoms with Crippen LogP contribution in [0.5, 0.6) is 0 Å². The van der Waals surface area contributed by atoms with Crippen molar-refractivity contribution in [2.75, 3.05) is 0 Å². The largest absolute Gasteiger partial charge is 0.299 e. The fourth-order valence-electron chi connectivity index (χ4n) is 1.10. The number of Topliss-reactive ketones (excluding diaryl/α,β-unsaturated/α-hetero) is 2. The predicted octanol–water partition coefficient (Wildman–Crippen LogP) is 3.14. The molecule has 0 aromatic carbocycles. The van der Waals surface area contributed by atoms with E-state index in [0.717, 1.165) is 19.3 Å². The third-order valence-electron chi connectivity index (χ3n) is 2.25. The summed E-state index contributed by atoms with van der Waals surface area (Å²) in [5, 5.41) is 0. The van der Waals surface area contributed by atoms with Gasteiger partial charge in [0.2, 0.25) is 0 Å². The molecule has 14 heavy (non-hydrogen) atoms. The lowest BCUT2D eigenvalue weighted by molar-refractivity contribution is -0.131. The molecule has 0 atom stereocenters. The van der Waals surface area contributed by atoms with Crippen LogP contribution in [-0.2, 0) is 9.59 Å². The fourth-order valence-corrected chi connectivity index (χ4v) is 1.10. The Morgan fingerprint density at radius 3 is 2.07 bits per heavy atom. The Balaban J connectivity index is 3.78. The number of ketones is 2. The van der Waals surface area contributed by atoms with Gasteiger partial charge in [0.15, 0.2) is 0 Å². The van der Waals surface area contributed by atoms with E-state index in [9.17, 15) is 9.59 Å². The van der Waals surface area contributed by atoms with Crippen LogP contribution in [0.15, 0.2) is 0 Å². The van der Waals surface area contributed by atoms with Crippen molar-refractivity contribution in [3.05, 3.63) is 0 Å². The summed E-state index contributed by atoms with van der Waals surface area (Å²) in [6.07, 6.45) is 3.80. The number of unbranched alkanes of at least 4 members (excludes halogenated alkanes) is 2. The Bertz CT molecular complexity index is 199. The molecule has 0 unspecified atom stereocenters. The standard InChI is InChI=1S/C12H22O2/c1-5-6-7-8-10(13)9-11(14)12(2,3)4/h5-9H2,1-4H3. The highest BCUT2D eigenvalue weighted by molar-refractivity contribution is 6.01. The normalized spacial score (nSPS) is 11.4. The Kier molecular flexibility index (Phi) is 5.66. The molecule has 0 aliphatic heterocycles. The van der Waals surface area contributed by atoms with Crippen LogP contribution in [0.1, 0.15) is 59.8 Å². The second kappa shape index (κ2) is 5.94. The molecule has 0 N–H and O–H groups in total. The second-order valence-electron chi connectivity index (χ2n) is 4.85. The van der Waals surface area contributed by atoms with Gasteiger partial charge in [-0.15, -0.1) is 0 Å². The van der Waals surface area contributed by atoms with Gasteiger partial charge in [0.1, 0.15) is 11.6 Å². The van der Waals surface area contributed by atoms with Crippen LogP contribution >= 0.6 is 0 Å². The zero-order valence-corrected chi connectivity index (χ0v) is 9.85. The summed E-state index contributed by atoms with van der Waals surface area (Å²) in [5.74, 6) is 0.150. The lowest BCUT2D eigenvalue weighted by Crippen LogP contribution is -2.22. The molecule has 0 aliphatic rings. The van der Waals surface area contributed by atoms with Gasteiger partial charge in [-0.3, -0.25) is 9.59 Å². The van der Waals surface area contributed by atoms with Crippen molar-refractivity contribution in [1.29, 1.82) is 0 Å². The fraction of sp³-hybridized carbons (Fsp3) is 0.833. The molecule has 82 valence electrons. The lowest BCUT2D eigenvalue weighted by Gasteiger charge is -2.15. The van der Waals surface area contributed by atoms with E-state index in [4.69, 9.17) is 0 Å². The summed E-state index contributed by atoms with van der Waals surface area (Å²) < 4.78 is 0. The highest BCUT2D eigenvalue weighted by atomic mass is 16.1. The average molecular weight is 198 g/mol. The first kappa shape index (κ1) is 13.3. The number of hydrogen-bond donors (Lipinski definition) is 0. The van der Waals surface area contributed by atoms with Gasteiger partial charge < -0.3 is 0 Å². The first-order valence-electron chi connectivity index (χ1n) is 5.43. The van der Waals surface area contributed by atoms with Gasteiger partial charge in [-0.05, 0) is 6.42 Å². The van der Waals surface area contributed by atoms with Crippen LogP contribution in [0, 0.1) is 5.41 Å². The van der Waals surface area contributed by atoms with E-state index >= 15 is 0 Å². The molecule has 0 fully saturated rings. The molecule has 0 aromatic heterocycles. The monoisotopic (exact) mass is 198 g/mol. The molecular weight excluding hydrogens is 176 g/mol. The molecule has 2 nitrogen and oxygen atoms in total. The van der Waals surface area contributed by atoms with Gasteiger partial charge >= 0.3 is 0 Å². The quantitative estimate of drug-likeness (QED) is 0.485. The zero-order valence-electron chi connectivity index (χ0n) is 9.85. The maximum Gasteiger partial charge on any atom is 0.145 e. The molecule has 0 aromatic rings.